The summed E-state index contributed by atoms with van der Waals surface area (Å²) in [7, 11) is 1.74. The highest BCUT2D eigenvalue weighted by atomic mass is 16.5. The maximum Gasteiger partial charge on any atom is 0.258 e. The first kappa shape index (κ1) is 21.7. The van der Waals surface area contributed by atoms with Crippen molar-refractivity contribution in [2.24, 2.45) is 4.99 Å². The van der Waals surface area contributed by atoms with Crippen LogP contribution in [0.25, 0.3) is 0 Å². The molecule has 1 aliphatic carbocycles. The first-order valence-electron chi connectivity index (χ1n) is 10.4. The molecule has 0 bridgehead atoms. The number of nitrogens with one attached hydrogen (secondary N) is 3. The number of aromatic nitrogens is 1. The smallest absolute Gasteiger partial charge is 0.258 e. The van der Waals surface area contributed by atoms with Crippen LogP contribution in [0, 0.1) is 0 Å². The molecule has 0 radical (unpaired) electrons. The van der Waals surface area contributed by atoms with Gasteiger partial charge in [-0.1, -0.05) is 31.1 Å². The van der Waals surface area contributed by atoms with Gasteiger partial charge in [0.15, 0.2) is 18.3 Å². The molecular formula is C22H31N5O3. The van der Waals surface area contributed by atoms with Crippen molar-refractivity contribution in [2.75, 3.05) is 20.2 Å². The lowest BCUT2D eigenvalue weighted by Crippen LogP contribution is -2.37. The molecule has 0 aliphatic heterocycles. The van der Waals surface area contributed by atoms with Gasteiger partial charge in [0.2, 0.25) is 0 Å². The summed E-state index contributed by atoms with van der Waals surface area (Å²) in [4.78, 5) is 15.9. The van der Waals surface area contributed by atoms with Gasteiger partial charge in [-0.2, -0.15) is 0 Å². The van der Waals surface area contributed by atoms with E-state index < -0.39 is 0 Å². The Kier molecular flexibility index (Phi) is 7.70. The molecule has 1 saturated carbocycles. The predicted molar refractivity (Wildman–Crippen MR) is 116 cm³/mol. The van der Waals surface area contributed by atoms with Gasteiger partial charge in [-0.25, -0.2) is 0 Å². The minimum atomic E-state index is -0.0598. The van der Waals surface area contributed by atoms with Crippen LogP contribution in [0.5, 0.6) is 5.75 Å². The largest absolute Gasteiger partial charge is 0.484 e. The number of aliphatic imine (C=N–C) groups is 1. The number of rotatable bonds is 10. The van der Waals surface area contributed by atoms with Crippen LogP contribution in [0.3, 0.4) is 0 Å². The number of carbonyl (C=O) groups excluding carboxylic acids is 1. The number of benzene rings is 1. The minimum absolute atomic E-state index is 0.0588. The van der Waals surface area contributed by atoms with Crippen molar-refractivity contribution in [3.63, 3.8) is 0 Å². The molecule has 0 saturated heterocycles. The topological polar surface area (TPSA) is 101 Å². The van der Waals surface area contributed by atoms with Gasteiger partial charge in [0, 0.05) is 25.7 Å². The third kappa shape index (κ3) is 7.09. The molecule has 0 spiro atoms. The molecule has 8 heteroatoms. The monoisotopic (exact) mass is 413 g/mol. The number of hydrogen-bond donors (Lipinski definition) is 3. The van der Waals surface area contributed by atoms with Crippen molar-refractivity contribution in [1.82, 2.24) is 21.1 Å². The molecule has 1 fully saturated rings. The summed E-state index contributed by atoms with van der Waals surface area (Å²) in [5.74, 6) is 2.47. The molecule has 1 heterocycles. The van der Waals surface area contributed by atoms with Crippen molar-refractivity contribution >= 4 is 11.9 Å². The maximum absolute atomic E-state index is 11.7. The fourth-order valence-corrected chi connectivity index (χ4v) is 2.80. The van der Waals surface area contributed by atoms with Gasteiger partial charge in [-0.3, -0.25) is 9.79 Å². The first-order valence-corrected chi connectivity index (χ1v) is 10.4. The minimum Gasteiger partial charge on any atom is -0.484 e. The zero-order chi connectivity index (χ0) is 21.3. The Labute approximate surface area is 177 Å². The molecule has 8 nitrogen and oxygen atoms in total. The van der Waals surface area contributed by atoms with Crippen LogP contribution in [0.15, 0.2) is 39.8 Å². The molecule has 1 aromatic heterocycles. The van der Waals surface area contributed by atoms with Crippen LogP contribution in [0.4, 0.5) is 0 Å². The number of ether oxygens (including phenoxy) is 1. The molecule has 2 aromatic rings. The van der Waals surface area contributed by atoms with Crippen molar-refractivity contribution < 1.29 is 14.1 Å². The fraction of sp³-hybridized carbons (Fsp3) is 0.500. The van der Waals surface area contributed by atoms with Crippen molar-refractivity contribution in [2.45, 2.75) is 51.6 Å². The van der Waals surface area contributed by atoms with E-state index in [1.807, 2.05) is 30.3 Å². The predicted octanol–water partition coefficient (Wildman–Crippen LogP) is 2.36. The molecule has 1 aliphatic rings. The van der Waals surface area contributed by atoms with Crippen molar-refractivity contribution in [1.29, 1.82) is 0 Å². The standard InChI is InChI=1S/C22H31N5O3/c1-15(2)20-12-19(30-27-20)13-25-22(23-3)24-11-10-16-4-8-18(9-5-16)29-14-21(28)26-17-6-7-17/h4-5,8-9,12,15,17H,6-7,10-11,13-14H2,1-3H3,(H,26,28)(H2,23,24,25). The average Bonchev–Trinajstić information content (AvgIpc) is 3.42. The first-order chi connectivity index (χ1) is 14.5. The van der Waals surface area contributed by atoms with Gasteiger partial charge in [-0.15, -0.1) is 0 Å². The molecule has 0 atom stereocenters. The Hall–Kier alpha value is -3.03. The van der Waals surface area contributed by atoms with Crippen LogP contribution in [0.2, 0.25) is 0 Å². The molecule has 162 valence electrons. The summed E-state index contributed by atoms with van der Waals surface area (Å²) >= 11 is 0. The van der Waals surface area contributed by atoms with E-state index in [2.05, 4.69) is 39.9 Å². The van der Waals surface area contributed by atoms with E-state index in [1.54, 1.807) is 7.05 Å². The van der Waals surface area contributed by atoms with Gasteiger partial charge >= 0.3 is 0 Å². The van der Waals surface area contributed by atoms with Crippen LogP contribution in [0.1, 0.15) is 49.6 Å². The van der Waals surface area contributed by atoms with E-state index in [9.17, 15) is 4.79 Å². The average molecular weight is 414 g/mol. The van der Waals surface area contributed by atoms with Gasteiger partial charge in [-0.05, 0) is 42.9 Å². The Balaban J connectivity index is 1.35. The summed E-state index contributed by atoms with van der Waals surface area (Å²) in [6, 6.07) is 10.1. The molecule has 1 amide bonds. The summed E-state index contributed by atoms with van der Waals surface area (Å²) in [5.41, 5.74) is 2.12. The van der Waals surface area contributed by atoms with Crippen molar-refractivity contribution in [3.05, 3.63) is 47.3 Å². The summed E-state index contributed by atoms with van der Waals surface area (Å²) in [6.45, 7) is 5.49. The number of hydrogen-bond acceptors (Lipinski definition) is 5. The van der Waals surface area contributed by atoms with E-state index >= 15 is 0 Å². The van der Waals surface area contributed by atoms with E-state index in [1.165, 1.54) is 5.56 Å². The van der Waals surface area contributed by atoms with Gasteiger partial charge in [0.1, 0.15) is 5.75 Å². The normalized spacial score (nSPS) is 13.9. The molecule has 1 aromatic carbocycles. The number of amides is 1. The third-order valence-corrected chi connectivity index (χ3v) is 4.76. The second-order valence-electron chi connectivity index (χ2n) is 7.75. The summed E-state index contributed by atoms with van der Waals surface area (Å²) < 4.78 is 10.9. The van der Waals surface area contributed by atoms with Crippen LogP contribution in [-0.2, 0) is 17.8 Å². The van der Waals surface area contributed by atoms with Gasteiger partial charge < -0.3 is 25.2 Å². The number of carbonyl (C=O) groups is 1. The maximum atomic E-state index is 11.7. The van der Waals surface area contributed by atoms with Crippen LogP contribution in [-0.4, -0.2) is 43.3 Å². The summed E-state index contributed by atoms with van der Waals surface area (Å²) in [6.07, 6.45) is 2.99. The fourth-order valence-electron chi connectivity index (χ4n) is 2.80. The molecule has 0 unspecified atom stereocenters. The number of nitrogens with zero attached hydrogens (tertiary/aromatic N) is 2. The highest BCUT2D eigenvalue weighted by Gasteiger charge is 2.23. The molecule has 3 rings (SSSR count). The third-order valence-electron chi connectivity index (χ3n) is 4.76. The second kappa shape index (κ2) is 10.7. The molecule has 30 heavy (non-hydrogen) atoms. The quantitative estimate of drug-likeness (QED) is 0.408. The number of guanidine groups is 1. The van der Waals surface area contributed by atoms with E-state index in [-0.39, 0.29) is 12.5 Å². The zero-order valence-corrected chi connectivity index (χ0v) is 17.9. The van der Waals surface area contributed by atoms with Gasteiger partial charge in [0.25, 0.3) is 5.91 Å². The molecule has 3 N–H and O–H groups in total. The Bertz CT molecular complexity index is 841. The second-order valence-corrected chi connectivity index (χ2v) is 7.75. The SMILES string of the molecule is CN=C(NCCc1ccc(OCC(=O)NC2CC2)cc1)NCc1cc(C(C)C)no1. The lowest BCUT2D eigenvalue weighted by molar-refractivity contribution is -0.123. The van der Waals surface area contributed by atoms with E-state index in [0.717, 1.165) is 37.3 Å². The zero-order valence-electron chi connectivity index (χ0n) is 17.9. The molecular weight excluding hydrogens is 382 g/mol. The Morgan fingerprint density at radius 2 is 2.03 bits per heavy atom. The van der Waals surface area contributed by atoms with E-state index in [4.69, 9.17) is 9.26 Å². The Morgan fingerprint density at radius 3 is 2.67 bits per heavy atom. The Morgan fingerprint density at radius 1 is 1.27 bits per heavy atom. The van der Waals surface area contributed by atoms with Crippen molar-refractivity contribution in [3.8, 4) is 5.75 Å². The lowest BCUT2D eigenvalue weighted by atomic mass is 10.1. The van der Waals surface area contributed by atoms with Crippen LogP contribution >= 0.6 is 0 Å². The highest BCUT2D eigenvalue weighted by molar-refractivity contribution is 5.79. The van der Waals surface area contributed by atoms with Gasteiger partial charge in [0.05, 0.1) is 12.2 Å². The van der Waals surface area contributed by atoms with E-state index in [0.29, 0.717) is 30.2 Å². The highest BCUT2D eigenvalue weighted by Crippen LogP contribution is 2.18. The summed E-state index contributed by atoms with van der Waals surface area (Å²) in [5, 5.41) is 13.5. The lowest BCUT2D eigenvalue weighted by Gasteiger charge is -2.11. The van der Waals surface area contributed by atoms with Crippen LogP contribution < -0.4 is 20.7 Å².